The van der Waals surface area contributed by atoms with Gasteiger partial charge in [0.05, 0.1) is 25.3 Å². The average Bonchev–Trinajstić information content (AvgIpc) is 3.30. The lowest BCUT2D eigenvalue weighted by Crippen LogP contribution is -2.53. The van der Waals surface area contributed by atoms with E-state index in [-0.39, 0.29) is 30.0 Å². The van der Waals surface area contributed by atoms with Crippen LogP contribution in [0.25, 0.3) is 0 Å². The van der Waals surface area contributed by atoms with Crippen molar-refractivity contribution in [3.05, 3.63) is 29.8 Å². The summed E-state index contributed by atoms with van der Waals surface area (Å²) >= 11 is 1.85. The number of nitrogens with one attached hydrogen (secondary N) is 2. The molecule has 0 bridgehead atoms. The van der Waals surface area contributed by atoms with Gasteiger partial charge in [0.1, 0.15) is 5.75 Å². The highest BCUT2D eigenvalue weighted by Crippen LogP contribution is 2.41. The van der Waals surface area contributed by atoms with Crippen LogP contribution in [0.5, 0.6) is 5.75 Å². The largest absolute Gasteiger partial charge is 0.497 e. The number of hydrogen-bond donors (Lipinski definition) is 3. The van der Waals surface area contributed by atoms with Gasteiger partial charge in [0.15, 0.2) is 5.96 Å². The third kappa shape index (κ3) is 7.14. The Labute approximate surface area is 209 Å². The standard InChI is InChI=1S/C23H38N4O2S.HI/c1-4-24-22(26-17-23(28)13-12-21(23)30-5-2)25-16-20(27-14-6-7-15-27)18-8-10-19(29-3)11-9-18;/h8-11,20-21,28H,4-7,12-17H2,1-3H3,(H2,24,25,26);1H. The number of likely N-dealkylation sites (tertiary alicyclic amines) is 1. The number of thioether (sulfide) groups is 1. The van der Waals surface area contributed by atoms with E-state index in [2.05, 4.69) is 41.5 Å². The minimum Gasteiger partial charge on any atom is -0.497 e. The van der Waals surface area contributed by atoms with Crippen LogP contribution < -0.4 is 15.4 Å². The summed E-state index contributed by atoms with van der Waals surface area (Å²) in [6.07, 6.45) is 4.44. The Bertz CT molecular complexity index is 685. The first kappa shape index (κ1) is 26.5. The first-order valence-corrected chi connectivity index (χ1v) is 12.4. The lowest BCUT2D eigenvalue weighted by molar-refractivity contribution is -0.0154. The number of nitrogens with zero attached hydrogens (tertiary/aromatic N) is 2. The molecule has 0 spiro atoms. The first-order valence-electron chi connectivity index (χ1n) is 11.3. The van der Waals surface area contributed by atoms with E-state index in [1.165, 1.54) is 18.4 Å². The maximum Gasteiger partial charge on any atom is 0.191 e. The van der Waals surface area contributed by atoms with Gasteiger partial charge < -0.3 is 20.5 Å². The van der Waals surface area contributed by atoms with Crippen molar-refractivity contribution in [2.45, 2.75) is 56.4 Å². The van der Waals surface area contributed by atoms with E-state index in [4.69, 9.17) is 9.73 Å². The Hall–Kier alpha value is -0.710. The first-order chi connectivity index (χ1) is 14.6. The van der Waals surface area contributed by atoms with E-state index in [0.717, 1.165) is 56.5 Å². The number of aliphatic imine (C=N–C) groups is 1. The van der Waals surface area contributed by atoms with Crippen LogP contribution in [0.1, 0.15) is 51.1 Å². The molecule has 0 radical (unpaired) electrons. The van der Waals surface area contributed by atoms with Gasteiger partial charge in [0.25, 0.3) is 0 Å². The number of methoxy groups -OCH3 is 1. The summed E-state index contributed by atoms with van der Waals surface area (Å²) in [6, 6.07) is 8.69. The van der Waals surface area contributed by atoms with Crippen molar-refractivity contribution < 1.29 is 9.84 Å². The third-order valence-electron chi connectivity index (χ3n) is 6.21. The van der Waals surface area contributed by atoms with Gasteiger partial charge in [-0.1, -0.05) is 19.1 Å². The van der Waals surface area contributed by atoms with E-state index in [1.807, 2.05) is 23.9 Å². The summed E-state index contributed by atoms with van der Waals surface area (Å²) < 4.78 is 5.33. The van der Waals surface area contributed by atoms with Crippen molar-refractivity contribution in [3.63, 3.8) is 0 Å². The van der Waals surface area contributed by atoms with Crippen LogP contribution in [-0.2, 0) is 0 Å². The van der Waals surface area contributed by atoms with Crippen molar-refractivity contribution >= 4 is 41.7 Å². The number of aliphatic hydroxyl groups is 1. The smallest absolute Gasteiger partial charge is 0.191 e. The molecule has 0 aromatic heterocycles. The Morgan fingerprint density at radius 1 is 1.26 bits per heavy atom. The van der Waals surface area contributed by atoms with Crippen LogP contribution in [0.15, 0.2) is 29.3 Å². The maximum atomic E-state index is 10.9. The summed E-state index contributed by atoms with van der Waals surface area (Å²) in [7, 11) is 1.70. The molecule has 3 rings (SSSR count). The fraction of sp³-hybridized carbons (Fsp3) is 0.696. The number of guanidine groups is 1. The van der Waals surface area contributed by atoms with Gasteiger partial charge in [0.2, 0.25) is 0 Å². The number of benzene rings is 1. The summed E-state index contributed by atoms with van der Waals surface area (Å²) in [5.74, 6) is 2.71. The highest BCUT2D eigenvalue weighted by molar-refractivity contribution is 14.0. The van der Waals surface area contributed by atoms with Gasteiger partial charge >= 0.3 is 0 Å². The molecule has 1 aliphatic heterocycles. The average molecular weight is 563 g/mol. The van der Waals surface area contributed by atoms with Crippen LogP contribution in [0.4, 0.5) is 0 Å². The summed E-state index contributed by atoms with van der Waals surface area (Å²) in [5.41, 5.74) is 0.631. The van der Waals surface area contributed by atoms with Crippen molar-refractivity contribution in [2.24, 2.45) is 4.99 Å². The Kier molecular flexibility index (Phi) is 11.2. The molecule has 3 N–H and O–H groups in total. The van der Waals surface area contributed by atoms with Gasteiger partial charge in [-0.15, -0.1) is 24.0 Å². The highest BCUT2D eigenvalue weighted by atomic mass is 127. The number of hydrogen-bond acceptors (Lipinski definition) is 5. The summed E-state index contributed by atoms with van der Waals surface area (Å²) in [4.78, 5) is 7.30. The molecule has 1 aromatic rings. The van der Waals surface area contributed by atoms with Crippen molar-refractivity contribution in [3.8, 4) is 5.75 Å². The molecule has 2 aliphatic rings. The third-order valence-corrected chi connectivity index (χ3v) is 7.62. The van der Waals surface area contributed by atoms with E-state index in [1.54, 1.807) is 7.11 Å². The Morgan fingerprint density at radius 3 is 2.52 bits per heavy atom. The molecule has 3 atom stereocenters. The van der Waals surface area contributed by atoms with Gasteiger partial charge in [-0.3, -0.25) is 9.89 Å². The second-order valence-electron chi connectivity index (χ2n) is 8.19. The van der Waals surface area contributed by atoms with Crippen LogP contribution in [-0.4, -0.2) is 72.4 Å². The van der Waals surface area contributed by atoms with Crippen LogP contribution in [0, 0.1) is 0 Å². The Balaban J connectivity index is 0.00000341. The molecule has 1 saturated heterocycles. The molecule has 1 aliphatic carbocycles. The number of rotatable bonds is 10. The van der Waals surface area contributed by atoms with Gasteiger partial charge in [-0.25, -0.2) is 0 Å². The van der Waals surface area contributed by atoms with E-state index in [9.17, 15) is 5.11 Å². The lowest BCUT2D eigenvalue weighted by atomic mass is 9.79. The van der Waals surface area contributed by atoms with E-state index >= 15 is 0 Å². The zero-order valence-corrected chi connectivity index (χ0v) is 22.2. The molecule has 31 heavy (non-hydrogen) atoms. The van der Waals surface area contributed by atoms with Gasteiger partial charge in [-0.2, -0.15) is 11.8 Å². The predicted octanol–water partition coefficient (Wildman–Crippen LogP) is 3.65. The Morgan fingerprint density at radius 2 is 1.97 bits per heavy atom. The summed E-state index contributed by atoms with van der Waals surface area (Å²) in [5, 5.41) is 18.1. The molecule has 6 nitrogen and oxygen atoms in total. The SMILES string of the molecule is CCNC(=NCC1(O)CCC1SCC)NCC(c1ccc(OC)cc1)N1CCCC1.I. The van der Waals surface area contributed by atoms with Gasteiger partial charge in [-0.05, 0) is 69.1 Å². The molecular weight excluding hydrogens is 523 g/mol. The van der Waals surface area contributed by atoms with Crippen LogP contribution >= 0.6 is 35.7 Å². The number of halogens is 1. The molecule has 2 fully saturated rings. The fourth-order valence-electron chi connectivity index (χ4n) is 4.30. The topological polar surface area (TPSA) is 69.1 Å². The monoisotopic (exact) mass is 562 g/mol. The predicted molar refractivity (Wildman–Crippen MR) is 142 cm³/mol. The molecule has 8 heteroatoms. The summed E-state index contributed by atoms with van der Waals surface area (Å²) in [6.45, 7) is 8.51. The second kappa shape index (κ2) is 13.1. The minimum atomic E-state index is -0.659. The second-order valence-corrected chi connectivity index (χ2v) is 9.67. The van der Waals surface area contributed by atoms with Crippen LogP contribution in [0.3, 0.4) is 0 Å². The quantitative estimate of drug-likeness (QED) is 0.230. The van der Waals surface area contributed by atoms with Crippen molar-refractivity contribution in [2.75, 3.05) is 45.6 Å². The normalized spacial score (nSPS) is 24.8. The molecule has 1 heterocycles. The van der Waals surface area contributed by atoms with Crippen molar-refractivity contribution in [1.29, 1.82) is 0 Å². The molecule has 0 amide bonds. The molecule has 176 valence electrons. The zero-order chi connectivity index (χ0) is 21.4. The molecular formula is C23H39IN4O2S. The van der Waals surface area contributed by atoms with Crippen molar-refractivity contribution in [1.82, 2.24) is 15.5 Å². The van der Waals surface area contributed by atoms with E-state index in [0.29, 0.717) is 11.8 Å². The molecule has 1 aromatic carbocycles. The highest BCUT2D eigenvalue weighted by Gasteiger charge is 2.45. The lowest BCUT2D eigenvalue weighted by Gasteiger charge is -2.44. The zero-order valence-electron chi connectivity index (χ0n) is 19.1. The van der Waals surface area contributed by atoms with Crippen LogP contribution in [0.2, 0.25) is 0 Å². The maximum absolute atomic E-state index is 10.9. The minimum absolute atomic E-state index is 0. The molecule has 1 saturated carbocycles. The van der Waals surface area contributed by atoms with Gasteiger partial charge in [0, 0.05) is 18.3 Å². The number of ether oxygens (including phenoxy) is 1. The van der Waals surface area contributed by atoms with E-state index < -0.39 is 5.60 Å². The fourth-order valence-corrected chi connectivity index (χ4v) is 5.49. The molecule has 3 unspecified atom stereocenters.